The Morgan fingerprint density at radius 1 is 0.500 bits per heavy atom. The number of sulfonamides is 1. The van der Waals surface area contributed by atoms with Crippen LogP contribution < -0.4 is 9.04 Å². The molecule has 0 atom stereocenters. The van der Waals surface area contributed by atoms with Crippen LogP contribution in [0.4, 0.5) is 11.4 Å². The highest BCUT2D eigenvalue weighted by Crippen LogP contribution is 2.48. The number of hydrogen-bond acceptors (Lipinski definition) is 6. The number of furan rings is 1. The third-order valence-electron chi connectivity index (χ3n) is 9.68. The average molecular weight is 720 g/mol. The second kappa shape index (κ2) is 12.6. The first-order chi connectivity index (χ1) is 26.5. The Morgan fingerprint density at radius 2 is 1.15 bits per heavy atom. The second-order valence-electron chi connectivity index (χ2n) is 13.0. The van der Waals surface area contributed by atoms with E-state index in [1.165, 1.54) is 4.31 Å². The highest BCUT2D eigenvalue weighted by molar-refractivity contribution is 7.93. The Morgan fingerprint density at radius 3 is 1.93 bits per heavy atom. The number of ether oxygens (including phenoxy) is 1. The molecule has 0 amide bonds. The van der Waals surface area contributed by atoms with Gasteiger partial charge in [-0.05, 0) is 54.1 Å². The highest BCUT2D eigenvalue weighted by atomic mass is 32.2. The Hall–Kier alpha value is -7.03. The van der Waals surface area contributed by atoms with Gasteiger partial charge in [-0.15, -0.1) is 0 Å². The summed E-state index contributed by atoms with van der Waals surface area (Å²) in [5, 5.41) is 1.99. The fraction of sp³-hybridized carbons (Fsp3) is 0. The molecule has 0 saturated heterocycles. The van der Waals surface area contributed by atoms with Gasteiger partial charge in [0.05, 0.1) is 17.1 Å². The van der Waals surface area contributed by atoms with Crippen molar-refractivity contribution in [1.82, 2.24) is 9.97 Å². The van der Waals surface area contributed by atoms with Crippen LogP contribution in [0.2, 0.25) is 0 Å². The van der Waals surface area contributed by atoms with Crippen LogP contribution in [-0.4, -0.2) is 18.4 Å². The van der Waals surface area contributed by atoms with E-state index >= 15 is 0 Å². The van der Waals surface area contributed by atoms with Crippen LogP contribution in [0.1, 0.15) is 0 Å². The third-order valence-corrected chi connectivity index (χ3v) is 11.5. The van der Waals surface area contributed by atoms with E-state index < -0.39 is 10.0 Å². The zero-order valence-corrected chi connectivity index (χ0v) is 29.4. The number of anilines is 2. The molecule has 3 heterocycles. The van der Waals surface area contributed by atoms with Crippen LogP contribution in [0.5, 0.6) is 11.5 Å². The fourth-order valence-electron chi connectivity index (χ4n) is 7.14. The summed E-state index contributed by atoms with van der Waals surface area (Å²) in [6.45, 7) is 0. The Balaban J connectivity index is 1.17. The zero-order valence-electron chi connectivity index (χ0n) is 28.6. The Bertz CT molecular complexity index is 2940. The normalized spacial score (nSPS) is 13.2. The lowest BCUT2D eigenvalue weighted by molar-refractivity contribution is 0.473. The number of rotatable bonds is 5. The van der Waals surface area contributed by atoms with Crippen molar-refractivity contribution in [2.75, 3.05) is 4.31 Å². The Kier molecular flexibility index (Phi) is 7.38. The van der Waals surface area contributed by atoms with Gasteiger partial charge in [0.25, 0.3) is 10.0 Å². The van der Waals surface area contributed by atoms with E-state index in [0.29, 0.717) is 28.5 Å². The van der Waals surface area contributed by atoms with Crippen LogP contribution in [-0.2, 0) is 10.0 Å². The Labute approximate surface area is 311 Å². The van der Waals surface area contributed by atoms with E-state index in [4.69, 9.17) is 19.1 Å². The van der Waals surface area contributed by atoms with E-state index in [0.717, 1.165) is 55.6 Å². The molecule has 8 heteroatoms. The molecule has 9 aromatic rings. The van der Waals surface area contributed by atoms with Crippen molar-refractivity contribution in [2.24, 2.45) is 0 Å². The van der Waals surface area contributed by atoms with E-state index in [1.54, 1.807) is 30.3 Å². The first kappa shape index (κ1) is 31.7. The summed E-state index contributed by atoms with van der Waals surface area (Å²) in [5.41, 5.74) is 7.92. The van der Waals surface area contributed by atoms with Gasteiger partial charge in [0.15, 0.2) is 11.6 Å². The molecular weight excluding hydrogens is 691 g/mol. The average Bonchev–Trinajstić information content (AvgIpc) is 3.57. The van der Waals surface area contributed by atoms with Crippen molar-refractivity contribution in [3.05, 3.63) is 176 Å². The number of benzene rings is 7. The molecule has 0 unspecified atom stereocenters. The summed E-state index contributed by atoms with van der Waals surface area (Å²) in [7, 11) is -4.20. The maximum absolute atomic E-state index is 14.9. The number of nitrogens with zero attached hydrogens (tertiary/aromatic N) is 3. The minimum Gasteiger partial charge on any atom is -0.455 e. The van der Waals surface area contributed by atoms with Crippen molar-refractivity contribution in [3.63, 3.8) is 0 Å². The van der Waals surface area contributed by atoms with Crippen molar-refractivity contribution in [1.29, 1.82) is 0 Å². The summed E-state index contributed by atoms with van der Waals surface area (Å²) >= 11 is 0. The van der Waals surface area contributed by atoms with Crippen LogP contribution in [0.25, 0.3) is 67.0 Å². The molecule has 0 N–H and O–H groups in total. The number of hydrogen-bond donors (Lipinski definition) is 0. The van der Waals surface area contributed by atoms with Crippen LogP contribution in [0, 0.1) is 0 Å². The standard InChI is InChI=1S/C46H29N3O4S/c50-54(51)44-24-10-9-23-43(44)52-42-26-25-32(35-20-12-21-37-36-19-7-8-22-41(36)53-45(35)37)28-40(42)49(54)34-18-11-17-33(27-34)46-47-38(30-13-3-1-4-14-30)29-39(48-46)31-15-5-2-6-16-31/h1-29H. The largest absolute Gasteiger partial charge is 0.455 e. The molecule has 1 aliphatic heterocycles. The quantitative estimate of drug-likeness (QED) is 0.176. The van der Waals surface area contributed by atoms with E-state index in [-0.39, 0.29) is 10.6 Å². The SMILES string of the molecule is O=S1(=O)c2ccccc2Oc2ccc(-c3cccc4c3oc3ccccc34)cc2N1c1cccc(-c2nc(-c3ccccc3)cc(-c3ccccc3)n2)c1. The van der Waals surface area contributed by atoms with Crippen molar-refractivity contribution in [2.45, 2.75) is 4.90 Å². The van der Waals surface area contributed by atoms with Gasteiger partial charge in [-0.2, -0.15) is 0 Å². The molecule has 0 aliphatic carbocycles. The van der Waals surface area contributed by atoms with Gasteiger partial charge >= 0.3 is 0 Å². The minimum absolute atomic E-state index is 0.0567. The molecular formula is C46H29N3O4S. The van der Waals surface area contributed by atoms with Gasteiger partial charge in [0.1, 0.15) is 27.5 Å². The molecule has 54 heavy (non-hydrogen) atoms. The number of aromatic nitrogens is 2. The van der Waals surface area contributed by atoms with E-state index in [9.17, 15) is 8.42 Å². The molecule has 7 aromatic carbocycles. The molecule has 0 bridgehead atoms. The van der Waals surface area contributed by atoms with Gasteiger partial charge in [-0.1, -0.05) is 127 Å². The summed E-state index contributed by atoms with van der Waals surface area (Å²) in [5.74, 6) is 1.10. The predicted octanol–water partition coefficient (Wildman–Crippen LogP) is 11.7. The molecule has 0 radical (unpaired) electrons. The first-order valence-corrected chi connectivity index (χ1v) is 18.9. The van der Waals surface area contributed by atoms with E-state index in [2.05, 4.69) is 0 Å². The predicted molar refractivity (Wildman–Crippen MR) is 213 cm³/mol. The van der Waals surface area contributed by atoms with Gasteiger partial charge in [0.2, 0.25) is 0 Å². The molecule has 1 aliphatic rings. The van der Waals surface area contributed by atoms with Gasteiger partial charge in [-0.3, -0.25) is 0 Å². The number of para-hydroxylation sites is 3. The molecule has 258 valence electrons. The highest BCUT2D eigenvalue weighted by Gasteiger charge is 2.35. The van der Waals surface area contributed by atoms with Gasteiger partial charge in [-0.25, -0.2) is 22.7 Å². The summed E-state index contributed by atoms with van der Waals surface area (Å²) in [6, 6.07) is 55.5. The molecule has 10 rings (SSSR count). The smallest absolute Gasteiger partial charge is 0.272 e. The maximum atomic E-state index is 14.9. The lowest BCUT2D eigenvalue weighted by Crippen LogP contribution is -2.25. The minimum atomic E-state index is -4.20. The molecule has 0 saturated carbocycles. The summed E-state index contributed by atoms with van der Waals surface area (Å²) in [6.07, 6.45) is 0. The third kappa shape index (κ3) is 5.31. The molecule has 0 fully saturated rings. The lowest BCUT2D eigenvalue weighted by atomic mass is 10.0. The van der Waals surface area contributed by atoms with Crippen molar-refractivity contribution < 1.29 is 17.6 Å². The van der Waals surface area contributed by atoms with Crippen LogP contribution >= 0.6 is 0 Å². The monoisotopic (exact) mass is 719 g/mol. The van der Waals surface area contributed by atoms with Gasteiger partial charge < -0.3 is 9.15 Å². The summed E-state index contributed by atoms with van der Waals surface area (Å²) < 4.78 is 43.9. The first-order valence-electron chi connectivity index (χ1n) is 17.5. The number of fused-ring (bicyclic) bond motifs is 5. The zero-order chi connectivity index (χ0) is 36.2. The summed E-state index contributed by atoms with van der Waals surface area (Å²) in [4.78, 5) is 10.1. The lowest BCUT2D eigenvalue weighted by Gasteiger charge is -2.24. The topological polar surface area (TPSA) is 85.5 Å². The second-order valence-corrected chi connectivity index (χ2v) is 14.8. The van der Waals surface area contributed by atoms with Crippen molar-refractivity contribution in [3.8, 4) is 56.5 Å². The maximum Gasteiger partial charge on any atom is 0.272 e. The van der Waals surface area contributed by atoms with Crippen molar-refractivity contribution >= 4 is 43.3 Å². The van der Waals surface area contributed by atoms with E-state index in [1.807, 2.05) is 146 Å². The van der Waals surface area contributed by atoms with Crippen LogP contribution in [0.3, 0.4) is 0 Å². The van der Waals surface area contributed by atoms with Gasteiger partial charge in [0, 0.05) is 33.0 Å². The molecule has 7 nitrogen and oxygen atoms in total. The fourth-order valence-corrected chi connectivity index (χ4v) is 8.74. The molecule has 0 spiro atoms. The molecule has 2 aromatic heterocycles. The van der Waals surface area contributed by atoms with Crippen LogP contribution in [0.15, 0.2) is 185 Å².